The summed E-state index contributed by atoms with van der Waals surface area (Å²) in [6.45, 7) is 2.56. The maximum absolute atomic E-state index is 13.0. The molecule has 1 aromatic heterocycles. The van der Waals surface area contributed by atoms with Gasteiger partial charge in [-0.15, -0.1) is 0 Å². The highest BCUT2D eigenvalue weighted by molar-refractivity contribution is 7.89. The number of carbonyl (C=O) groups excluding carboxylic acids is 1. The molecule has 1 aliphatic heterocycles. The molecule has 1 atom stereocenters. The smallest absolute Gasteiger partial charge is 0.243 e. The molecule has 26 heavy (non-hydrogen) atoms. The highest BCUT2D eigenvalue weighted by atomic mass is 32.2. The molecule has 1 fully saturated rings. The van der Waals surface area contributed by atoms with Gasteiger partial charge in [-0.05, 0) is 49.7 Å². The third kappa shape index (κ3) is 4.08. The van der Waals surface area contributed by atoms with E-state index in [9.17, 15) is 17.6 Å². The Labute approximate surface area is 152 Å². The second-order valence-electron chi connectivity index (χ2n) is 6.29. The van der Waals surface area contributed by atoms with Crippen molar-refractivity contribution in [2.45, 2.75) is 24.8 Å². The Bertz CT molecular complexity index is 900. The first-order chi connectivity index (χ1) is 12.4. The summed E-state index contributed by atoms with van der Waals surface area (Å²) in [5.74, 6) is -1.09. The predicted molar refractivity (Wildman–Crippen MR) is 94.1 cm³/mol. The Morgan fingerprint density at radius 3 is 2.69 bits per heavy atom. The molecular weight excluding hydrogens is 357 g/mol. The summed E-state index contributed by atoms with van der Waals surface area (Å²) >= 11 is 0. The molecule has 2 heterocycles. The predicted octanol–water partition coefficient (Wildman–Crippen LogP) is 1.86. The molecule has 138 valence electrons. The topological polar surface area (TPSA) is 79.4 Å². The van der Waals surface area contributed by atoms with E-state index >= 15 is 0 Å². The van der Waals surface area contributed by atoms with E-state index in [1.54, 1.807) is 0 Å². The van der Waals surface area contributed by atoms with Gasteiger partial charge in [-0.2, -0.15) is 4.31 Å². The van der Waals surface area contributed by atoms with Crippen LogP contribution >= 0.6 is 0 Å². The van der Waals surface area contributed by atoms with Crippen LogP contribution in [-0.4, -0.2) is 36.7 Å². The van der Waals surface area contributed by atoms with Crippen molar-refractivity contribution in [2.24, 2.45) is 5.92 Å². The van der Waals surface area contributed by atoms with Crippen molar-refractivity contribution in [2.75, 3.05) is 13.1 Å². The molecule has 0 aliphatic carbocycles. The molecule has 1 aliphatic rings. The van der Waals surface area contributed by atoms with Crippen LogP contribution in [0.25, 0.3) is 0 Å². The fourth-order valence-electron chi connectivity index (χ4n) is 2.94. The summed E-state index contributed by atoms with van der Waals surface area (Å²) < 4.78 is 39.5. The average Bonchev–Trinajstić information content (AvgIpc) is 3.11. The van der Waals surface area contributed by atoms with Crippen LogP contribution < -0.4 is 5.32 Å². The van der Waals surface area contributed by atoms with Crippen LogP contribution in [0.5, 0.6) is 0 Å². The summed E-state index contributed by atoms with van der Waals surface area (Å²) in [5.41, 5.74) is 1.63. The standard InChI is InChI=1S/C18H20FN3O3S/c1-13-3-2-4-16(21-13)11-20-18(23)14-9-10-22(12-14)26(24,25)17-7-5-15(19)6-8-17/h2-8,14H,9-12H2,1H3,(H,20,23)/t14-/m0/s1. The second-order valence-corrected chi connectivity index (χ2v) is 8.23. The number of nitrogens with zero attached hydrogens (tertiary/aromatic N) is 2. The van der Waals surface area contributed by atoms with Gasteiger partial charge in [-0.3, -0.25) is 9.78 Å². The van der Waals surface area contributed by atoms with Gasteiger partial charge in [0, 0.05) is 18.8 Å². The van der Waals surface area contributed by atoms with Gasteiger partial charge in [0.05, 0.1) is 23.1 Å². The largest absolute Gasteiger partial charge is 0.350 e. The number of benzene rings is 1. The molecule has 6 nitrogen and oxygen atoms in total. The highest BCUT2D eigenvalue weighted by Gasteiger charge is 2.35. The van der Waals surface area contributed by atoms with Gasteiger partial charge in [-0.1, -0.05) is 6.07 Å². The van der Waals surface area contributed by atoms with E-state index in [-0.39, 0.29) is 23.9 Å². The van der Waals surface area contributed by atoms with Crippen molar-refractivity contribution in [1.82, 2.24) is 14.6 Å². The molecule has 1 amide bonds. The van der Waals surface area contributed by atoms with Crippen LogP contribution in [0, 0.1) is 18.7 Å². The minimum atomic E-state index is -3.72. The zero-order valence-corrected chi connectivity index (χ0v) is 15.2. The van der Waals surface area contributed by atoms with Gasteiger partial charge in [0.15, 0.2) is 0 Å². The molecule has 1 saturated heterocycles. The molecule has 2 aromatic rings. The minimum absolute atomic E-state index is 0.0314. The van der Waals surface area contributed by atoms with Crippen LogP contribution in [0.1, 0.15) is 17.8 Å². The lowest BCUT2D eigenvalue weighted by Crippen LogP contribution is -2.34. The quantitative estimate of drug-likeness (QED) is 0.863. The van der Waals surface area contributed by atoms with Crippen molar-refractivity contribution in [3.8, 4) is 0 Å². The molecule has 3 rings (SSSR count). The zero-order chi connectivity index (χ0) is 18.7. The van der Waals surface area contributed by atoms with E-state index in [0.29, 0.717) is 13.0 Å². The van der Waals surface area contributed by atoms with E-state index < -0.39 is 21.8 Å². The third-order valence-corrected chi connectivity index (χ3v) is 6.24. The van der Waals surface area contributed by atoms with E-state index in [1.807, 2.05) is 25.1 Å². The van der Waals surface area contributed by atoms with Gasteiger partial charge in [0.2, 0.25) is 15.9 Å². The summed E-state index contributed by atoms with van der Waals surface area (Å²) in [5, 5.41) is 2.81. The van der Waals surface area contributed by atoms with E-state index in [4.69, 9.17) is 0 Å². The Hall–Kier alpha value is -2.32. The monoisotopic (exact) mass is 377 g/mol. The van der Waals surface area contributed by atoms with Gasteiger partial charge in [0.25, 0.3) is 0 Å². The Balaban J connectivity index is 1.60. The molecule has 0 radical (unpaired) electrons. The number of amides is 1. The van der Waals surface area contributed by atoms with Crippen molar-refractivity contribution in [3.63, 3.8) is 0 Å². The molecule has 1 N–H and O–H groups in total. The number of pyridine rings is 1. The number of aryl methyl sites for hydroxylation is 1. The molecular formula is C18H20FN3O3S. The SMILES string of the molecule is Cc1cccc(CNC(=O)[C@H]2CCN(S(=O)(=O)c3ccc(F)cc3)C2)n1. The zero-order valence-electron chi connectivity index (χ0n) is 14.4. The van der Waals surface area contributed by atoms with Crippen LogP contribution in [-0.2, 0) is 21.4 Å². The fraction of sp³-hybridized carbons (Fsp3) is 0.333. The lowest BCUT2D eigenvalue weighted by Gasteiger charge is -2.16. The van der Waals surface area contributed by atoms with E-state index in [1.165, 1.54) is 16.4 Å². The Kier molecular flexibility index (Phi) is 5.33. The van der Waals surface area contributed by atoms with Gasteiger partial charge in [0.1, 0.15) is 5.82 Å². The normalized spacial score (nSPS) is 18.0. The summed E-state index contributed by atoms with van der Waals surface area (Å²) in [7, 11) is -3.72. The molecule has 1 aromatic carbocycles. The number of halogens is 1. The van der Waals surface area contributed by atoms with Crippen LogP contribution in [0.2, 0.25) is 0 Å². The highest BCUT2D eigenvalue weighted by Crippen LogP contribution is 2.24. The molecule has 8 heteroatoms. The van der Waals surface area contributed by atoms with E-state index in [0.717, 1.165) is 23.5 Å². The maximum Gasteiger partial charge on any atom is 0.243 e. The van der Waals surface area contributed by atoms with E-state index in [2.05, 4.69) is 10.3 Å². The number of rotatable bonds is 5. The maximum atomic E-state index is 13.0. The first kappa shape index (κ1) is 18.5. The number of hydrogen-bond acceptors (Lipinski definition) is 4. The van der Waals surface area contributed by atoms with Crippen LogP contribution in [0.15, 0.2) is 47.4 Å². The first-order valence-electron chi connectivity index (χ1n) is 8.32. The Morgan fingerprint density at radius 1 is 1.27 bits per heavy atom. The number of aromatic nitrogens is 1. The molecule has 0 bridgehead atoms. The van der Waals surface area contributed by atoms with Crippen molar-refractivity contribution >= 4 is 15.9 Å². The Morgan fingerprint density at radius 2 is 2.00 bits per heavy atom. The second kappa shape index (κ2) is 7.51. The molecule has 0 saturated carbocycles. The van der Waals surface area contributed by atoms with Crippen molar-refractivity contribution in [1.29, 1.82) is 0 Å². The third-order valence-electron chi connectivity index (χ3n) is 4.36. The number of hydrogen-bond donors (Lipinski definition) is 1. The van der Waals surface area contributed by atoms with Gasteiger partial charge < -0.3 is 5.32 Å². The van der Waals surface area contributed by atoms with Crippen molar-refractivity contribution < 1.29 is 17.6 Å². The van der Waals surface area contributed by atoms with Gasteiger partial charge in [-0.25, -0.2) is 12.8 Å². The molecule has 0 spiro atoms. The fourth-order valence-corrected chi connectivity index (χ4v) is 4.44. The van der Waals surface area contributed by atoms with Gasteiger partial charge >= 0.3 is 0 Å². The minimum Gasteiger partial charge on any atom is -0.350 e. The van der Waals surface area contributed by atoms with Crippen LogP contribution in [0.3, 0.4) is 0 Å². The number of carbonyl (C=O) groups is 1. The number of sulfonamides is 1. The molecule has 0 unspecified atom stereocenters. The number of nitrogens with one attached hydrogen (secondary N) is 1. The van der Waals surface area contributed by atoms with Crippen molar-refractivity contribution in [3.05, 3.63) is 59.7 Å². The lowest BCUT2D eigenvalue weighted by atomic mass is 10.1. The first-order valence-corrected chi connectivity index (χ1v) is 9.76. The summed E-state index contributed by atoms with van der Waals surface area (Å²) in [6, 6.07) is 10.3. The van der Waals surface area contributed by atoms with Crippen LogP contribution in [0.4, 0.5) is 4.39 Å². The summed E-state index contributed by atoms with van der Waals surface area (Å²) in [4.78, 5) is 16.7. The summed E-state index contributed by atoms with van der Waals surface area (Å²) in [6.07, 6.45) is 0.452. The average molecular weight is 377 g/mol. The lowest BCUT2D eigenvalue weighted by molar-refractivity contribution is -0.124.